The van der Waals surface area contributed by atoms with Gasteiger partial charge in [-0.25, -0.2) is 0 Å². The summed E-state index contributed by atoms with van der Waals surface area (Å²) in [6.07, 6.45) is -0.318. The van der Waals surface area contributed by atoms with Crippen molar-refractivity contribution in [3.05, 3.63) is 32.8 Å². The van der Waals surface area contributed by atoms with E-state index < -0.39 is 11.0 Å². The van der Waals surface area contributed by atoms with Gasteiger partial charge in [0, 0.05) is 6.07 Å². The van der Waals surface area contributed by atoms with E-state index in [1.54, 1.807) is 13.0 Å². The second kappa shape index (κ2) is 6.20. The average Bonchev–Trinajstić information content (AvgIpc) is 2.36. The lowest BCUT2D eigenvalue weighted by Crippen LogP contribution is -2.33. The van der Waals surface area contributed by atoms with Gasteiger partial charge in [0.05, 0.1) is 9.40 Å². The van der Waals surface area contributed by atoms with E-state index in [2.05, 4.69) is 21.1 Å². The lowest BCUT2D eigenvalue weighted by molar-refractivity contribution is -0.386. The lowest BCUT2D eigenvalue weighted by atomic mass is 10.2. The smallest absolute Gasteiger partial charge is 0.312 e. The average molecular weight is 318 g/mol. The van der Waals surface area contributed by atoms with Gasteiger partial charge in [0.1, 0.15) is 0 Å². The Bertz CT molecular complexity index is 478. The number of nitro groups is 1. The van der Waals surface area contributed by atoms with Crippen molar-refractivity contribution in [3.63, 3.8) is 0 Å². The maximum absolute atomic E-state index is 10.9. The Morgan fingerprint density at radius 3 is 2.89 bits per heavy atom. The van der Waals surface area contributed by atoms with Gasteiger partial charge >= 0.3 is 5.69 Å². The number of hydrogen-bond acceptors (Lipinski definition) is 5. The molecule has 0 saturated carbocycles. The van der Waals surface area contributed by atoms with Crippen molar-refractivity contribution in [2.75, 3.05) is 0 Å². The van der Waals surface area contributed by atoms with Crippen LogP contribution in [0.5, 0.6) is 5.75 Å². The summed E-state index contributed by atoms with van der Waals surface area (Å²) in [6, 6.07) is 4.46. The highest BCUT2D eigenvalue weighted by molar-refractivity contribution is 9.10. The Morgan fingerprint density at radius 1 is 1.72 bits per heavy atom. The van der Waals surface area contributed by atoms with Gasteiger partial charge in [-0.2, -0.15) is 0 Å². The zero-order chi connectivity index (χ0) is 13.7. The molecule has 3 N–H and O–H groups in total. The molecule has 1 rings (SSSR count). The van der Waals surface area contributed by atoms with Gasteiger partial charge in [0.15, 0.2) is 11.9 Å². The summed E-state index contributed by atoms with van der Waals surface area (Å²) in [7, 11) is 0. The molecule has 0 amide bonds. The Labute approximate surface area is 112 Å². The molecule has 0 aliphatic carbocycles. The SMILES string of the molecule is CCC(Oc1c(Br)cccc1[N+](=O)[O-])/C(N)=N/O. The molecule has 1 unspecified atom stereocenters. The standard InChI is InChI=1S/C10H12BrN3O4/c1-2-8(10(12)13-15)18-9-6(11)4-3-5-7(9)14(16)17/h3-5,8,15H,2H2,1H3,(H2,12,13). The third kappa shape index (κ3) is 3.10. The minimum Gasteiger partial charge on any atom is -0.474 e. The molecule has 0 aliphatic rings. The molecule has 98 valence electrons. The van der Waals surface area contributed by atoms with Crippen LogP contribution in [0.25, 0.3) is 0 Å². The first kappa shape index (κ1) is 14.2. The van der Waals surface area contributed by atoms with Crippen molar-refractivity contribution < 1.29 is 14.9 Å². The minimum absolute atomic E-state index is 0.0564. The number of rotatable bonds is 5. The van der Waals surface area contributed by atoms with Crippen molar-refractivity contribution in [3.8, 4) is 5.75 Å². The largest absolute Gasteiger partial charge is 0.474 e. The molecule has 7 nitrogen and oxygen atoms in total. The fourth-order valence-corrected chi connectivity index (χ4v) is 1.77. The predicted molar refractivity (Wildman–Crippen MR) is 68.9 cm³/mol. The zero-order valence-electron chi connectivity index (χ0n) is 9.54. The summed E-state index contributed by atoms with van der Waals surface area (Å²) in [6.45, 7) is 1.76. The van der Waals surface area contributed by atoms with E-state index in [0.29, 0.717) is 10.9 Å². The molecule has 0 fully saturated rings. The number of nitrogens with zero attached hydrogens (tertiary/aromatic N) is 2. The van der Waals surface area contributed by atoms with E-state index in [-0.39, 0.29) is 17.3 Å². The molecular weight excluding hydrogens is 306 g/mol. The predicted octanol–water partition coefficient (Wildman–Crippen LogP) is 2.26. The topological polar surface area (TPSA) is 111 Å². The van der Waals surface area contributed by atoms with Crippen LogP contribution < -0.4 is 10.5 Å². The van der Waals surface area contributed by atoms with Crippen LogP contribution in [-0.2, 0) is 0 Å². The Kier molecular flexibility index (Phi) is 4.90. The fourth-order valence-electron chi connectivity index (χ4n) is 1.32. The van der Waals surface area contributed by atoms with E-state index in [1.807, 2.05) is 0 Å². The Hall–Kier alpha value is -1.83. The molecule has 0 radical (unpaired) electrons. The number of benzene rings is 1. The molecule has 0 heterocycles. The Balaban J connectivity index is 3.13. The highest BCUT2D eigenvalue weighted by Gasteiger charge is 2.23. The molecule has 1 atom stereocenters. The summed E-state index contributed by atoms with van der Waals surface area (Å²) in [5.74, 6) is -0.0801. The molecule has 8 heteroatoms. The molecule has 0 bridgehead atoms. The van der Waals surface area contributed by atoms with Gasteiger partial charge in [-0.15, -0.1) is 0 Å². The summed E-state index contributed by atoms with van der Waals surface area (Å²) in [5, 5.41) is 22.3. The van der Waals surface area contributed by atoms with E-state index in [4.69, 9.17) is 15.7 Å². The first-order valence-corrected chi connectivity index (χ1v) is 5.87. The second-order valence-corrected chi connectivity index (χ2v) is 4.24. The minimum atomic E-state index is -0.729. The first-order valence-electron chi connectivity index (χ1n) is 5.08. The maximum Gasteiger partial charge on any atom is 0.312 e. The van der Waals surface area contributed by atoms with E-state index in [0.717, 1.165) is 0 Å². The third-order valence-corrected chi connectivity index (χ3v) is 2.84. The molecule has 0 aromatic heterocycles. The second-order valence-electron chi connectivity index (χ2n) is 3.38. The zero-order valence-corrected chi connectivity index (χ0v) is 11.1. The van der Waals surface area contributed by atoms with Crippen molar-refractivity contribution in [1.29, 1.82) is 0 Å². The quantitative estimate of drug-likeness (QED) is 0.284. The number of hydrogen-bond donors (Lipinski definition) is 2. The van der Waals surface area contributed by atoms with Crippen LogP contribution in [0.4, 0.5) is 5.69 Å². The van der Waals surface area contributed by atoms with Crippen LogP contribution in [-0.4, -0.2) is 22.1 Å². The number of halogens is 1. The van der Waals surface area contributed by atoms with Crippen molar-refractivity contribution in [1.82, 2.24) is 0 Å². The molecule has 1 aromatic carbocycles. The van der Waals surface area contributed by atoms with E-state index >= 15 is 0 Å². The summed E-state index contributed by atoms with van der Waals surface area (Å²) in [5.41, 5.74) is 5.26. The molecule has 1 aromatic rings. The van der Waals surface area contributed by atoms with Gasteiger partial charge in [-0.3, -0.25) is 10.1 Å². The van der Waals surface area contributed by atoms with Gasteiger partial charge < -0.3 is 15.7 Å². The summed E-state index contributed by atoms with van der Waals surface area (Å²) >= 11 is 3.17. The number of amidine groups is 1. The van der Waals surface area contributed by atoms with Gasteiger partial charge in [0.25, 0.3) is 0 Å². The van der Waals surface area contributed by atoms with Crippen molar-refractivity contribution in [2.24, 2.45) is 10.9 Å². The van der Waals surface area contributed by atoms with Crippen LogP contribution in [0.2, 0.25) is 0 Å². The highest BCUT2D eigenvalue weighted by Crippen LogP contribution is 2.35. The lowest BCUT2D eigenvalue weighted by Gasteiger charge is -2.16. The number of para-hydroxylation sites is 1. The number of nitrogens with two attached hydrogens (primary N) is 1. The van der Waals surface area contributed by atoms with Crippen LogP contribution >= 0.6 is 15.9 Å². The molecule has 18 heavy (non-hydrogen) atoms. The van der Waals surface area contributed by atoms with Crippen LogP contribution in [0.15, 0.2) is 27.8 Å². The Morgan fingerprint density at radius 2 is 2.39 bits per heavy atom. The molecule has 0 saturated heterocycles. The van der Waals surface area contributed by atoms with Gasteiger partial charge in [-0.05, 0) is 28.4 Å². The monoisotopic (exact) mass is 317 g/mol. The van der Waals surface area contributed by atoms with Crippen molar-refractivity contribution in [2.45, 2.75) is 19.4 Å². The summed E-state index contributed by atoms with van der Waals surface area (Å²) < 4.78 is 5.87. The maximum atomic E-state index is 10.9. The van der Waals surface area contributed by atoms with Gasteiger partial charge in [0.2, 0.25) is 5.75 Å². The molecule has 0 spiro atoms. The van der Waals surface area contributed by atoms with E-state index in [1.165, 1.54) is 12.1 Å². The van der Waals surface area contributed by atoms with Crippen LogP contribution in [0.1, 0.15) is 13.3 Å². The molecule has 0 aliphatic heterocycles. The third-order valence-electron chi connectivity index (χ3n) is 2.22. The van der Waals surface area contributed by atoms with Crippen LogP contribution in [0, 0.1) is 10.1 Å². The number of ether oxygens (including phenoxy) is 1. The van der Waals surface area contributed by atoms with Gasteiger partial charge in [-0.1, -0.05) is 18.1 Å². The van der Waals surface area contributed by atoms with Crippen molar-refractivity contribution >= 4 is 27.5 Å². The number of nitro benzene ring substituents is 1. The first-order chi connectivity index (χ1) is 8.51. The normalized spacial score (nSPS) is 13.1. The fraction of sp³-hybridized carbons (Fsp3) is 0.300. The van der Waals surface area contributed by atoms with Crippen LogP contribution in [0.3, 0.4) is 0 Å². The number of oxime groups is 1. The van der Waals surface area contributed by atoms with E-state index in [9.17, 15) is 10.1 Å². The molecular formula is C10H12BrN3O4. The summed E-state index contributed by atoms with van der Waals surface area (Å²) in [4.78, 5) is 10.3. The highest BCUT2D eigenvalue weighted by atomic mass is 79.9.